The van der Waals surface area contributed by atoms with Gasteiger partial charge in [-0.15, -0.1) is 0 Å². The molecule has 0 amide bonds. The minimum Gasteiger partial charge on any atom is -0.376 e. The Labute approximate surface area is 79.8 Å². The van der Waals surface area contributed by atoms with Crippen molar-refractivity contribution in [3.8, 4) is 0 Å². The Bertz CT molecular complexity index is 140. The third-order valence-electron chi connectivity index (χ3n) is 2.76. The second-order valence-corrected chi connectivity index (χ2v) is 3.84. The minimum absolute atomic E-state index is 0.374. The van der Waals surface area contributed by atoms with Gasteiger partial charge in [0, 0.05) is 19.7 Å². The molecule has 1 unspecified atom stereocenters. The average Bonchev–Trinajstić information content (AvgIpc) is 2.69. The van der Waals surface area contributed by atoms with Crippen LogP contribution >= 0.6 is 0 Å². The highest BCUT2D eigenvalue weighted by atomic mass is 16.5. The summed E-state index contributed by atoms with van der Waals surface area (Å²) in [6.07, 6.45) is 5.41. The van der Waals surface area contributed by atoms with Crippen LogP contribution in [0.3, 0.4) is 0 Å². The first-order chi connectivity index (χ1) is 6.45. The molecule has 2 aliphatic heterocycles. The van der Waals surface area contributed by atoms with Gasteiger partial charge in [-0.25, -0.2) is 5.32 Å². The Morgan fingerprint density at radius 3 is 2.77 bits per heavy atom. The third-order valence-corrected chi connectivity index (χ3v) is 2.76. The van der Waals surface area contributed by atoms with E-state index in [1.54, 1.807) is 0 Å². The van der Waals surface area contributed by atoms with Gasteiger partial charge in [-0.3, -0.25) is 0 Å². The van der Waals surface area contributed by atoms with Gasteiger partial charge in [0.1, 0.15) is 0 Å². The Morgan fingerprint density at radius 1 is 1.23 bits per heavy atom. The second kappa shape index (κ2) is 4.94. The van der Waals surface area contributed by atoms with Crippen molar-refractivity contribution in [3.05, 3.63) is 0 Å². The summed E-state index contributed by atoms with van der Waals surface area (Å²) >= 11 is 0. The van der Waals surface area contributed by atoms with Crippen LogP contribution in [0.25, 0.3) is 0 Å². The van der Waals surface area contributed by atoms with E-state index < -0.39 is 0 Å². The highest BCUT2D eigenvalue weighted by Gasteiger charge is 2.19. The quantitative estimate of drug-likeness (QED) is 0.654. The number of hydrogen-bond donors (Lipinski definition) is 0. The van der Waals surface area contributed by atoms with Gasteiger partial charge in [-0.1, -0.05) is 0 Å². The van der Waals surface area contributed by atoms with Gasteiger partial charge < -0.3 is 9.47 Å². The zero-order valence-corrected chi connectivity index (χ0v) is 8.08. The fraction of sp³-hybridized carbons (Fsp3) is 1.00. The zero-order chi connectivity index (χ0) is 8.93. The number of piperidine rings is 1. The van der Waals surface area contributed by atoms with E-state index in [9.17, 15) is 0 Å². The SMILES string of the molecule is C1COC(COC2CC[N]CC2)C1. The summed E-state index contributed by atoms with van der Waals surface area (Å²) in [5.74, 6) is 0. The summed E-state index contributed by atoms with van der Waals surface area (Å²) in [6.45, 7) is 3.69. The van der Waals surface area contributed by atoms with Crippen LogP contribution in [0.15, 0.2) is 0 Å². The summed E-state index contributed by atoms with van der Waals surface area (Å²) < 4.78 is 11.3. The van der Waals surface area contributed by atoms with Crippen molar-refractivity contribution in [1.82, 2.24) is 5.32 Å². The monoisotopic (exact) mass is 184 g/mol. The van der Waals surface area contributed by atoms with E-state index in [1.165, 1.54) is 12.8 Å². The summed E-state index contributed by atoms with van der Waals surface area (Å²) in [5, 5.41) is 4.30. The topological polar surface area (TPSA) is 32.6 Å². The number of nitrogens with zero attached hydrogens (tertiary/aromatic N) is 1. The van der Waals surface area contributed by atoms with Crippen molar-refractivity contribution < 1.29 is 9.47 Å². The van der Waals surface area contributed by atoms with Crippen LogP contribution in [-0.2, 0) is 9.47 Å². The van der Waals surface area contributed by atoms with Crippen LogP contribution in [-0.4, -0.2) is 38.5 Å². The van der Waals surface area contributed by atoms with E-state index in [2.05, 4.69) is 5.32 Å². The van der Waals surface area contributed by atoms with E-state index in [1.807, 2.05) is 0 Å². The van der Waals surface area contributed by atoms with Crippen LogP contribution in [0.1, 0.15) is 25.7 Å². The summed E-state index contributed by atoms with van der Waals surface area (Å²) in [7, 11) is 0. The maximum Gasteiger partial charge on any atom is 0.0809 e. The molecular weight excluding hydrogens is 166 g/mol. The van der Waals surface area contributed by atoms with Gasteiger partial charge in [0.15, 0.2) is 0 Å². The molecule has 0 bridgehead atoms. The first kappa shape index (κ1) is 9.44. The molecule has 13 heavy (non-hydrogen) atoms. The molecule has 1 atom stereocenters. The van der Waals surface area contributed by atoms with E-state index in [-0.39, 0.29) is 0 Å². The number of hydrogen-bond acceptors (Lipinski definition) is 2. The highest BCUT2D eigenvalue weighted by molar-refractivity contribution is 4.70. The third kappa shape index (κ3) is 2.93. The van der Waals surface area contributed by atoms with Crippen LogP contribution in [0.5, 0.6) is 0 Å². The molecule has 0 N–H and O–H groups in total. The van der Waals surface area contributed by atoms with Crippen molar-refractivity contribution in [2.45, 2.75) is 37.9 Å². The summed E-state index contributed by atoms with van der Waals surface area (Å²) in [5.41, 5.74) is 0. The largest absolute Gasteiger partial charge is 0.376 e. The standard InChI is InChI=1S/C10H18NO2/c1-2-10(12-7-1)8-13-9-3-5-11-6-4-9/h9-10H,1-8H2. The molecule has 0 aromatic heterocycles. The molecule has 0 aromatic carbocycles. The van der Waals surface area contributed by atoms with E-state index >= 15 is 0 Å². The average molecular weight is 184 g/mol. The summed E-state index contributed by atoms with van der Waals surface area (Å²) in [6, 6.07) is 0. The number of rotatable bonds is 3. The Kier molecular flexibility index (Phi) is 3.58. The maximum atomic E-state index is 5.78. The van der Waals surface area contributed by atoms with Gasteiger partial charge in [0.2, 0.25) is 0 Å². The minimum atomic E-state index is 0.374. The predicted octanol–water partition coefficient (Wildman–Crippen LogP) is 0.949. The molecule has 3 heteroatoms. The predicted molar refractivity (Wildman–Crippen MR) is 49.8 cm³/mol. The molecule has 0 aliphatic carbocycles. The van der Waals surface area contributed by atoms with Crippen LogP contribution in [0.4, 0.5) is 0 Å². The van der Waals surface area contributed by atoms with Gasteiger partial charge in [-0.05, 0) is 25.7 Å². The number of ether oxygens (including phenoxy) is 2. The molecule has 0 saturated carbocycles. The molecule has 2 rings (SSSR count). The zero-order valence-electron chi connectivity index (χ0n) is 8.08. The van der Waals surface area contributed by atoms with Gasteiger partial charge in [0.05, 0.1) is 18.8 Å². The maximum absolute atomic E-state index is 5.78. The van der Waals surface area contributed by atoms with Crippen molar-refractivity contribution in [3.63, 3.8) is 0 Å². The molecule has 1 radical (unpaired) electrons. The molecule has 2 saturated heterocycles. The molecule has 2 fully saturated rings. The van der Waals surface area contributed by atoms with Crippen molar-refractivity contribution in [2.24, 2.45) is 0 Å². The molecular formula is C10H18NO2. The first-order valence-corrected chi connectivity index (χ1v) is 5.31. The van der Waals surface area contributed by atoms with Crippen molar-refractivity contribution in [1.29, 1.82) is 0 Å². The van der Waals surface area contributed by atoms with Gasteiger partial charge >= 0.3 is 0 Å². The molecule has 2 heterocycles. The van der Waals surface area contributed by atoms with Crippen molar-refractivity contribution in [2.75, 3.05) is 26.3 Å². The lowest BCUT2D eigenvalue weighted by molar-refractivity contribution is -0.0302. The fourth-order valence-electron chi connectivity index (χ4n) is 1.91. The second-order valence-electron chi connectivity index (χ2n) is 3.84. The molecule has 0 aromatic rings. The Hall–Kier alpha value is -0.120. The smallest absolute Gasteiger partial charge is 0.0809 e. The van der Waals surface area contributed by atoms with Crippen LogP contribution < -0.4 is 5.32 Å². The molecule has 2 aliphatic rings. The molecule has 75 valence electrons. The van der Waals surface area contributed by atoms with Gasteiger partial charge in [-0.2, -0.15) is 0 Å². The summed E-state index contributed by atoms with van der Waals surface area (Å²) in [4.78, 5) is 0. The Morgan fingerprint density at radius 2 is 2.08 bits per heavy atom. The fourth-order valence-corrected chi connectivity index (χ4v) is 1.91. The lowest BCUT2D eigenvalue weighted by Crippen LogP contribution is -2.30. The van der Waals surface area contributed by atoms with E-state index in [0.29, 0.717) is 12.2 Å². The lowest BCUT2D eigenvalue weighted by atomic mass is 10.1. The first-order valence-electron chi connectivity index (χ1n) is 5.31. The van der Waals surface area contributed by atoms with Crippen LogP contribution in [0.2, 0.25) is 0 Å². The van der Waals surface area contributed by atoms with Gasteiger partial charge in [0.25, 0.3) is 0 Å². The van der Waals surface area contributed by atoms with E-state index in [0.717, 1.165) is 39.1 Å². The van der Waals surface area contributed by atoms with Crippen molar-refractivity contribution >= 4 is 0 Å². The van der Waals surface area contributed by atoms with E-state index in [4.69, 9.17) is 9.47 Å². The van der Waals surface area contributed by atoms with Crippen LogP contribution in [0, 0.1) is 0 Å². The normalized spacial score (nSPS) is 30.9. The lowest BCUT2D eigenvalue weighted by Gasteiger charge is -2.23. The molecule has 3 nitrogen and oxygen atoms in total. The highest BCUT2D eigenvalue weighted by Crippen LogP contribution is 2.15. The Balaban J connectivity index is 1.60. The molecule has 0 spiro atoms.